The zero-order chi connectivity index (χ0) is 25.0. The first kappa shape index (κ1) is 25.1. The van der Waals surface area contributed by atoms with E-state index in [-0.39, 0.29) is 18.0 Å². The number of hydrogen-bond donors (Lipinski definition) is 3. The van der Waals surface area contributed by atoms with Gasteiger partial charge in [-0.3, -0.25) is 10.1 Å². The van der Waals surface area contributed by atoms with Crippen LogP contribution in [-0.4, -0.2) is 42.1 Å². The predicted octanol–water partition coefficient (Wildman–Crippen LogP) is 6.03. The molecule has 3 N–H and O–H groups in total. The van der Waals surface area contributed by atoms with E-state index in [1.807, 2.05) is 42.3 Å². The molecular formula is C30H42N4O2. The Morgan fingerprint density at radius 1 is 1.00 bits per heavy atom. The van der Waals surface area contributed by atoms with Crippen LogP contribution in [0.25, 0.3) is 10.8 Å². The highest BCUT2D eigenvalue weighted by atomic mass is 16.2. The molecular weight excluding hydrogens is 448 g/mol. The topological polar surface area (TPSA) is 73.5 Å². The number of likely N-dealkylation sites (N-methyl/N-ethyl adjacent to an activating group) is 1. The molecule has 1 aliphatic heterocycles. The minimum Gasteiger partial charge on any atom is -0.335 e. The molecule has 36 heavy (non-hydrogen) atoms. The van der Waals surface area contributed by atoms with Crippen molar-refractivity contribution in [2.45, 2.75) is 88.6 Å². The van der Waals surface area contributed by atoms with Crippen molar-refractivity contribution < 1.29 is 9.59 Å². The molecule has 3 amide bonds. The average molecular weight is 491 g/mol. The molecule has 0 radical (unpaired) electrons. The van der Waals surface area contributed by atoms with Crippen LogP contribution in [0.15, 0.2) is 42.5 Å². The van der Waals surface area contributed by atoms with E-state index in [4.69, 9.17) is 0 Å². The van der Waals surface area contributed by atoms with Crippen LogP contribution in [0.3, 0.4) is 0 Å². The van der Waals surface area contributed by atoms with E-state index >= 15 is 0 Å². The molecule has 0 aromatic heterocycles. The summed E-state index contributed by atoms with van der Waals surface area (Å²) in [5.41, 5.74) is 0.385. The van der Waals surface area contributed by atoms with E-state index in [2.05, 4.69) is 28.1 Å². The summed E-state index contributed by atoms with van der Waals surface area (Å²) in [6.07, 6.45) is 13.8. The van der Waals surface area contributed by atoms with Crippen molar-refractivity contribution in [1.29, 1.82) is 0 Å². The van der Waals surface area contributed by atoms with Gasteiger partial charge in [-0.25, -0.2) is 4.79 Å². The number of amides is 3. The summed E-state index contributed by atoms with van der Waals surface area (Å²) in [5.74, 6) is 1.48. The summed E-state index contributed by atoms with van der Waals surface area (Å²) in [5, 5.41) is 12.2. The highest BCUT2D eigenvalue weighted by Crippen LogP contribution is 2.38. The normalized spacial score (nSPS) is 27.4. The molecule has 1 saturated heterocycles. The number of hydrogen-bond acceptors (Lipinski definition) is 3. The standard InChI is InChI=1S/C30H42N4O2/c1-34-21-31-30(28(34)35,17-16-22-8-3-2-4-9-22)20-23-10-7-13-26(18-23)32-29(36)33-27-15-14-24-11-5-6-12-25(24)19-27/h5-6,11-12,14-15,19,22-23,26,31H,2-4,7-10,13,16-18,20-21H2,1H3,(H2,32,33,36)/t23-,26+,30+/m0/s1. The molecule has 6 heteroatoms. The Hall–Kier alpha value is -2.60. The minimum atomic E-state index is -0.424. The predicted molar refractivity (Wildman–Crippen MR) is 146 cm³/mol. The number of nitrogens with zero attached hydrogens (tertiary/aromatic N) is 1. The zero-order valence-corrected chi connectivity index (χ0v) is 21.7. The lowest BCUT2D eigenvalue weighted by Gasteiger charge is -2.37. The van der Waals surface area contributed by atoms with Crippen molar-refractivity contribution in [1.82, 2.24) is 15.5 Å². The van der Waals surface area contributed by atoms with Crippen molar-refractivity contribution >= 4 is 28.4 Å². The zero-order valence-electron chi connectivity index (χ0n) is 21.7. The smallest absolute Gasteiger partial charge is 0.319 e. The maximum atomic E-state index is 13.3. The van der Waals surface area contributed by atoms with E-state index in [1.165, 1.54) is 32.1 Å². The molecule has 3 aliphatic rings. The SMILES string of the molecule is CN1CN[C@](CCC2CCCCC2)(C[C@H]2CCC[C@@H](NC(=O)Nc3ccc4ccccc4c3)C2)C1=O. The molecule has 3 fully saturated rings. The Kier molecular flexibility index (Phi) is 7.80. The molecule has 0 bridgehead atoms. The van der Waals surface area contributed by atoms with Crippen LogP contribution in [0.1, 0.15) is 77.0 Å². The fraction of sp³-hybridized carbons (Fsp3) is 0.600. The summed E-state index contributed by atoms with van der Waals surface area (Å²) in [6.45, 7) is 0.645. The van der Waals surface area contributed by atoms with Crippen LogP contribution in [-0.2, 0) is 4.79 Å². The third kappa shape index (κ3) is 5.86. The van der Waals surface area contributed by atoms with Crippen LogP contribution in [0.2, 0.25) is 0 Å². The Bertz CT molecular complexity index is 1070. The average Bonchev–Trinajstić information content (AvgIpc) is 3.17. The Morgan fingerprint density at radius 3 is 2.56 bits per heavy atom. The summed E-state index contributed by atoms with van der Waals surface area (Å²) in [4.78, 5) is 28.0. The molecule has 5 rings (SSSR count). The van der Waals surface area contributed by atoms with Gasteiger partial charge in [0.15, 0.2) is 0 Å². The largest absolute Gasteiger partial charge is 0.335 e. The fourth-order valence-electron chi connectivity index (χ4n) is 6.89. The molecule has 3 atom stereocenters. The van der Waals surface area contributed by atoms with Gasteiger partial charge in [0.1, 0.15) is 0 Å². The van der Waals surface area contributed by atoms with Crippen LogP contribution in [0.5, 0.6) is 0 Å². The molecule has 2 saturated carbocycles. The number of carbonyl (C=O) groups is 2. The summed E-state index contributed by atoms with van der Waals surface area (Å²) in [6, 6.07) is 14.2. The molecule has 0 spiro atoms. The maximum absolute atomic E-state index is 13.3. The van der Waals surface area contributed by atoms with Gasteiger partial charge < -0.3 is 15.5 Å². The van der Waals surface area contributed by atoms with Crippen molar-refractivity contribution in [2.24, 2.45) is 11.8 Å². The molecule has 2 aromatic carbocycles. The lowest BCUT2D eigenvalue weighted by atomic mass is 9.74. The first-order chi connectivity index (χ1) is 17.5. The quantitative estimate of drug-likeness (QED) is 0.444. The number of rotatable bonds is 7. The van der Waals surface area contributed by atoms with Gasteiger partial charge in [0, 0.05) is 18.8 Å². The van der Waals surface area contributed by atoms with Gasteiger partial charge in [-0.15, -0.1) is 0 Å². The number of benzene rings is 2. The Balaban J connectivity index is 1.17. The van der Waals surface area contributed by atoms with Gasteiger partial charge in [0.05, 0.1) is 12.2 Å². The monoisotopic (exact) mass is 490 g/mol. The van der Waals surface area contributed by atoms with E-state index in [9.17, 15) is 9.59 Å². The summed E-state index contributed by atoms with van der Waals surface area (Å²) in [7, 11) is 1.92. The molecule has 2 aliphatic carbocycles. The van der Waals surface area contributed by atoms with E-state index in [0.717, 1.165) is 67.3 Å². The molecule has 2 aromatic rings. The van der Waals surface area contributed by atoms with E-state index in [0.29, 0.717) is 12.6 Å². The molecule has 6 nitrogen and oxygen atoms in total. The van der Waals surface area contributed by atoms with Crippen LogP contribution >= 0.6 is 0 Å². The van der Waals surface area contributed by atoms with Crippen molar-refractivity contribution in [3.05, 3.63) is 42.5 Å². The second kappa shape index (κ2) is 11.2. The summed E-state index contributed by atoms with van der Waals surface area (Å²) >= 11 is 0. The fourth-order valence-corrected chi connectivity index (χ4v) is 6.89. The molecule has 194 valence electrons. The van der Waals surface area contributed by atoms with Gasteiger partial charge in [0.25, 0.3) is 0 Å². The lowest BCUT2D eigenvalue weighted by Crippen LogP contribution is -2.50. The van der Waals surface area contributed by atoms with Gasteiger partial charge in [0.2, 0.25) is 5.91 Å². The highest BCUT2D eigenvalue weighted by Gasteiger charge is 2.46. The number of nitrogens with one attached hydrogen (secondary N) is 3. The van der Waals surface area contributed by atoms with Crippen LogP contribution in [0, 0.1) is 11.8 Å². The maximum Gasteiger partial charge on any atom is 0.319 e. The molecule has 1 heterocycles. The van der Waals surface area contributed by atoms with Gasteiger partial charge in [-0.1, -0.05) is 75.3 Å². The first-order valence-electron chi connectivity index (χ1n) is 14.1. The number of urea groups is 1. The number of anilines is 1. The van der Waals surface area contributed by atoms with Crippen LogP contribution < -0.4 is 16.0 Å². The lowest BCUT2D eigenvalue weighted by molar-refractivity contribution is -0.132. The van der Waals surface area contributed by atoms with Gasteiger partial charge >= 0.3 is 6.03 Å². The van der Waals surface area contributed by atoms with Crippen molar-refractivity contribution in [2.75, 3.05) is 19.0 Å². The van der Waals surface area contributed by atoms with Gasteiger partial charge in [-0.05, 0) is 66.8 Å². The highest BCUT2D eigenvalue weighted by molar-refractivity contribution is 5.93. The van der Waals surface area contributed by atoms with Crippen molar-refractivity contribution in [3.63, 3.8) is 0 Å². The van der Waals surface area contributed by atoms with Gasteiger partial charge in [-0.2, -0.15) is 0 Å². The molecule has 0 unspecified atom stereocenters. The summed E-state index contributed by atoms with van der Waals surface area (Å²) < 4.78 is 0. The minimum absolute atomic E-state index is 0.141. The Labute approximate surface area is 215 Å². The second-order valence-corrected chi connectivity index (χ2v) is 11.6. The second-order valence-electron chi connectivity index (χ2n) is 11.6. The third-order valence-electron chi connectivity index (χ3n) is 8.88. The van der Waals surface area contributed by atoms with E-state index in [1.54, 1.807) is 0 Å². The number of carbonyl (C=O) groups excluding carboxylic acids is 2. The third-order valence-corrected chi connectivity index (χ3v) is 8.88. The Morgan fingerprint density at radius 2 is 1.78 bits per heavy atom. The first-order valence-corrected chi connectivity index (χ1v) is 14.1. The van der Waals surface area contributed by atoms with Crippen molar-refractivity contribution in [3.8, 4) is 0 Å². The van der Waals surface area contributed by atoms with E-state index < -0.39 is 5.54 Å². The number of fused-ring (bicyclic) bond motifs is 1. The van der Waals surface area contributed by atoms with Crippen LogP contribution in [0.4, 0.5) is 10.5 Å².